The van der Waals surface area contributed by atoms with E-state index in [9.17, 15) is 4.79 Å². The maximum Gasteiger partial charge on any atom is 0.258 e. The molecule has 1 unspecified atom stereocenters. The Bertz CT molecular complexity index is 982. The van der Waals surface area contributed by atoms with E-state index in [1.54, 1.807) is 0 Å². The molecule has 1 fully saturated rings. The maximum absolute atomic E-state index is 12.6. The summed E-state index contributed by atoms with van der Waals surface area (Å²) in [5.41, 5.74) is 3.01. The van der Waals surface area contributed by atoms with Crippen LogP contribution in [0.4, 0.5) is 0 Å². The molecule has 1 aliphatic rings. The first-order valence-electron chi connectivity index (χ1n) is 9.53. The predicted molar refractivity (Wildman–Crippen MR) is 105 cm³/mol. The second kappa shape index (κ2) is 7.84. The van der Waals surface area contributed by atoms with Gasteiger partial charge in [-0.1, -0.05) is 41.6 Å². The molecule has 3 aromatic rings. The third-order valence-corrected chi connectivity index (χ3v) is 5.03. The van der Waals surface area contributed by atoms with Crippen molar-refractivity contribution in [3.63, 3.8) is 0 Å². The lowest BCUT2D eigenvalue weighted by molar-refractivity contribution is -0.128. The average molecular weight is 377 g/mol. The van der Waals surface area contributed by atoms with Crippen molar-refractivity contribution in [3.8, 4) is 17.2 Å². The first kappa shape index (κ1) is 18.2. The summed E-state index contributed by atoms with van der Waals surface area (Å²) in [4.78, 5) is 19.0. The van der Waals surface area contributed by atoms with Crippen LogP contribution in [0.25, 0.3) is 11.5 Å². The van der Waals surface area contributed by atoms with Crippen LogP contribution in [0, 0.1) is 6.92 Å². The Morgan fingerprint density at radius 3 is 2.79 bits per heavy atom. The van der Waals surface area contributed by atoms with Crippen molar-refractivity contribution < 1.29 is 14.1 Å². The van der Waals surface area contributed by atoms with E-state index in [-0.39, 0.29) is 11.8 Å². The number of para-hydroxylation sites is 1. The maximum atomic E-state index is 12.6. The zero-order chi connectivity index (χ0) is 19.5. The van der Waals surface area contributed by atoms with Crippen LogP contribution in [0.5, 0.6) is 5.75 Å². The largest absolute Gasteiger partial charge is 0.494 e. The molecule has 1 amide bonds. The van der Waals surface area contributed by atoms with Gasteiger partial charge in [0.15, 0.2) is 5.82 Å². The van der Waals surface area contributed by atoms with Crippen LogP contribution in [0.3, 0.4) is 0 Å². The molecule has 0 radical (unpaired) electrons. The monoisotopic (exact) mass is 377 g/mol. The molecular weight excluding hydrogens is 354 g/mol. The van der Waals surface area contributed by atoms with Crippen LogP contribution in [-0.2, 0) is 11.3 Å². The van der Waals surface area contributed by atoms with Gasteiger partial charge in [0.1, 0.15) is 5.75 Å². The number of aromatic nitrogens is 2. The van der Waals surface area contributed by atoms with Gasteiger partial charge in [0.25, 0.3) is 5.89 Å². The van der Waals surface area contributed by atoms with Crippen molar-refractivity contribution in [2.45, 2.75) is 32.7 Å². The SMILES string of the molecule is CCOc1ccccc1CN1CC(c2noc(-c3ccccc3C)n2)CC1=O. The van der Waals surface area contributed by atoms with Gasteiger partial charge in [-0.25, -0.2) is 0 Å². The highest BCUT2D eigenvalue weighted by molar-refractivity contribution is 5.79. The molecule has 1 atom stereocenters. The molecule has 6 heteroatoms. The molecule has 1 aliphatic heterocycles. The highest BCUT2D eigenvalue weighted by atomic mass is 16.5. The lowest BCUT2D eigenvalue weighted by Gasteiger charge is -2.18. The number of hydrogen-bond acceptors (Lipinski definition) is 5. The fraction of sp³-hybridized carbons (Fsp3) is 0.318. The van der Waals surface area contributed by atoms with Crippen molar-refractivity contribution in [1.29, 1.82) is 0 Å². The molecule has 0 spiro atoms. The molecule has 4 rings (SSSR count). The Kier molecular flexibility index (Phi) is 5.10. The van der Waals surface area contributed by atoms with E-state index in [0.717, 1.165) is 22.4 Å². The van der Waals surface area contributed by atoms with Crippen molar-refractivity contribution >= 4 is 5.91 Å². The minimum absolute atomic E-state index is 0.0618. The normalized spacial score (nSPS) is 16.6. The molecule has 0 N–H and O–H groups in total. The fourth-order valence-electron chi connectivity index (χ4n) is 3.56. The quantitative estimate of drug-likeness (QED) is 0.650. The summed E-state index contributed by atoms with van der Waals surface area (Å²) in [6.45, 7) is 5.66. The number of ether oxygens (including phenoxy) is 1. The fourth-order valence-corrected chi connectivity index (χ4v) is 3.56. The summed E-state index contributed by atoms with van der Waals surface area (Å²) in [6.07, 6.45) is 0.392. The molecule has 0 saturated carbocycles. The summed E-state index contributed by atoms with van der Waals surface area (Å²) >= 11 is 0. The number of benzene rings is 2. The Morgan fingerprint density at radius 2 is 1.96 bits per heavy atom. The molecule has 1 saturated heterocycles. The van der Waals surface area contributed by atoms with Crippen LogP contribution in [0.15, 0.2) is 53.1 Å². The van der Waals surface area contributed by atoms with E-state index < -0.39 is 0 Å². The molecule has 1 aromatic heterocycles. The van der Waals surface area contributed by atoms with Gasteiger partial charge in [-0.15, -0.1) is 0 Å². The summed E-state index contributed by atoms with van der Waals surface area (Å²) in [5.74, 6) is 1.95. The van der Waals surface area contributed by atoms with Crippen molar-refractivity contribution in [2.75, 3.05) is 13.2 Å². The molecule has 2 heterocycles. The van der Waals surface area contributed by atoms with Gasteiger partial charge in [-0.2, -0.15) is 4.98 Å². The van der Waals surface area contributed by atoms with Crippen LogP contribution in [0.2, 0.25) is 0 Å². The van der Waals surface area contributed by atoms with Crippen molar-refractivity contribution in [1.82, 2.24) is 15.0 Å². The van der Waals surface area contributed by atoms with E-state index in [1.807, 2.05) is 67.3 Å². The summed E-state index contributed by atoms with van der Waals surface area (Å²) in [7, 11) is 0. The van der Waals surface area contributed by atoms with E-state index in [2.05, 4.69) is 10.1 Å². The van der Waals surface area contributed by atoms with Crippen LogP contribution < -0.4 is 4.74 Å². The minimum Gasteiger partial charge on any atom is -0.494 e. The Hall–Kier alpha value is -3.15. The molecule has 28 heavy (non-hydrogen) atoms. The Balaban J connectivity index is 1.49. The lowest BCUT2D eigenvalue weighted by Crippen LogP contribution is -2.24. The smallest absolute Gasteiger partial charge is 0.258 e. The second-order valence-electron chi connectivity index (χ2n) is 6.99. The van der Waals surface area contributed by atoms with Crippen molar-refractivity contribution in [2.24, 2.45) is 0 Å². The topological polar surface area (TPSA) is 68.5 Å². The first-order chi connectivity index (χ1) is 13.7. The molecule has 0 bridgehead atoms. The Labute approximate surface area is 164 Å². The number of likely N-dealkylation sites (tertiary alicyclic amines) is 1. The molecule has 0 aliphatic carbocycles. The molecule has 144 valence electrons. The van der Waals surface area contributed by atoms with Gasteiger partial charge in [0, 0.05) is 36.6 Å². The lowest BCUT2D eigenvalue weighted by atomic mass is 10.1. The summed E-state index contributed by atoms with van der Waals surface area (Å²) in [5, 5.41) is 4.15. The van der Waals surface area contributed by atoms with E-state index >= 15 is 0 Å². The third-order valence-electron chi connectivity index (χ3n) is 5.03. The van der Waals surface area contributed by atoms with Crippen LogP contribution in [-0.4, -0.2) is 34.1 Å². The number of aryl methyl sites for hydroxylation is 1. The summed E-state index contributed by atoms with van der Waals surface area (Å²) < 4.78 is 11.2. The van der Waals surface area contributed by atoms with Crippen LogP contribution >= 0.6 is 0 Å². The van der Waals surface area contributed by atoms with Gasteiger partial charge in [-0.05, 0) is 31.5 Å². The highest BCUT2D eigenvalue weighted by Gasteiger charge is 2.34. The second-order valence-corrected chi connectivity index (χ2v) is 6.99. The van der Waals surface area contributed by atoms with Gasteiger partial charge >= 0.3 is 0 Å². The van der Waals surface area contributed by atoms with Gasteiger partial charge in [-0.3, -0.25) is 4.79 Å². The standard InChI is InChI=1S/C22H23N3O3/c1-3-27-19-11-7-5-9-16(19)13-25-14-17(12-20(25)26)21-23-22(28-24-21)18-10-6-4-8-15(18)2/h4-11,17H,3,12-14H2,1-2H3. The molecular formula is C22H23N3O3. The van der Waals surface area contributed by atoms with Gasteiger partial charge in [0.05, 0.1) is 6.61 Å². The van der Waals surface area contributed by atoms with E-state index in [4.69, 9.17) is 9.26 Å². The van der Waals surface area contributed by atoms with Gasteiger partial charge in [0.2, 0.25) is 5.91 Å². The van der Waals surface area contributed by atoms with Crippen LogP contribution in [0.1, 0.15) is 36.2 Å². The molecule has 6 nitrogen and oxygen atoms in total. The molecule has 2 aromatic carbocycles. The zero-order valence-electron chi connectivity index (χ0n) is 16.1. The van der Waals surface area contributed by atoms with E-state index in [0.29, 0.717) is 37.8 Å². The van der Waals surface area contributed by atoms with Crippen molar-refractivity contribution in [3.05, 3.63) is 65.5 Å². The average Bonchev–Trinajstić information content (AvgIpc) is 3.31. The number of carbonyl (C=O) groups excluding carboxylic acids is 1. The number of nitrogens with zero attached hydrogens (tertiary/aromatic N) is 3. The van der Waals surface area contributed by atoms with Gasteiger partial charge < -0.3 is 14.2 Å². The Morgan fingerprint density at radius 1 is 1.18 bits per heavy atom. The minimum atomic E-state index is -0.0618. The zero-order valence-corrected chi connectivity index (χ0v) is 16.1. The van der Waals surface area contributed by atoms with E-state index in [1.165, 1.54) is 0 Å². The number of hydrogen-bond donors (Lipinski definition) is 0. The summed E-state index contributed by atoms with van der Waals surface area (Å²) in [6, 6.07) is 15.7. The predicted octanol–water partition coefficient (Wildman–Crippen LogP) is 3.96. The first-order valence-corrected chi connectivity index (χ1v) is 9.53. The number of rotatable bonds is 6. The third kappa shape index (κ3) is 3.63. The number of carbonyl (C=O) groups is 1. The number of amides is 1. The highest BCUT2D eigenvalue weighted by Crippen LogP contribution is 2.31.